The van der Waals surface area contributed by atoms with Crippen molar-refractivity contribution in [2.45, 2.75) is 11.0 Å². The van der Waals surface area contributed by atoms with E-state index in [2.05, 4.69) is 0 Å². The van der Waals surface area contributed by atoms with Gasteiger partial charge in [0.2, 0.25) is 5.91 Å². The molecule has 0 heterocycles. The number of carbonyl (C=O) groups excluding carboxylic acids is 1. The van der Waals surface area contributed by atoms with Crippen LogP contribution in [0.2, 0.25) is 0 Å². The minimum Gasteiger partial charge on any atom is -0.493 e. The van der Waals surface area contributed by atoms with Crippen LogP contribution in [0, 0.1) is 17.5 Å². The molecule has 0 aliphatic carbocycles. The van der Waals surface area contributed by atoms with Crippen LogP contribution in [0.4, 0.5) is 18.9 Å². The average molecular weight is 510 g/mol. The van der Waals surface area contributed by atoms with Gasteiger partial charge in [-0.3, -0.25) is 9.10 Å². The highest BCUT2D eigenvalue weighted by atomic mass is 32.2. The number of halogens is 3. The number of ether oxygens (including phenoxy) is 2. The number of aliphatic hydroxyl groups excluding tert-OH is 1. The molecular weight excluding hydrogens is 489 g/mol. The van der Waals surface area contributed by atoms with Gasteiger partial charge in [0.1, 0.15) is 30.1 Å². The Balaban J connectivity index is 2.24. The Morgan fingerprint density at radius 3 is 2.20 bits per heavy atom. The van der Waals surface area contributed by atoms with E-state index < -0.39 is 62.8 Å². The first-order valence-electron chi connectivity index (χ1n) is 9.95. The average Bonchev–Trinajstić information content (AvgIpc) is 2.81. The number of nitrogens with two attached hydrogens (primary N) is 1. The van der Waals surface area contributed by atoms with Crippen LogP contribution in [0.1, 0.15) is 17.2 Å². The Labute approximate surface area is 199 Å². The summed E-state index contributed by atoms with van der Waals surface area (Å²) in [5.74, 6) is -4.02. The zero-order valence-corrected chi connectivity index (χ0v) is 19.4. The molecule has 35 heavy (non-hydrogen) atoms. The SMILES string of the molecule is COc1ccc(S(=O)(=O)N(CC(N)=O)c2ccc(F)cc2C(O)c2c(F)cccc2F)cc1OC. The van der Waals surface area contributed by atoms with E-state index in [0.29, 0.717) is 10.4 Å². The van der Waals surface area contributed by atoms with Crippen LogP contribution < -0.4 is 19.5 Å². The molecule has 0 radical (unpaired) electrons. The Kier molecular flexibility index (Phi) is 7.56. The van der Waals surface area contributed by atoms with E-state index in [4.69, 9.17) is 15.2 Å². The first-order chi connectivity index (χ1) is 16.5. The summed E-state index contributed by atoms with van der Waals surface area (Å²) in [5.41, 5.74) is 3.51. The molecule has 1 unspecified atom stereocenters. The van der Waals surface area contributed by atoms with Crippen molar-refractivity contribution in [3.05, 3.63) is 83.2 Å². The van der Waals surface area contributed by atoms with E-state index in [0.717, 1.165) is 36.4 Å². The van der Waals surface area contributed by atoms with Crippen molar-refractivity contribution >= 4 is 21.6 Å². The van der Waals surface area contributed by atoms with Gasteiger partial charge in [0.25, 0.3) is 10.0 Å². The second-order valence-electron chi connectivity index (χ2n) is 7.24. The van der Waals surface area contributed by atoms with Gasteiger partial charge in [-0.2, -0.15) is 0 Å². The molecule has 1 amide bonds. The van der Waals surface area contributed by atoms with Gasteiger partial charge in [0.05, 0.1) is 30.4 Å². The van der Waals surface area contributed by atoms with E-state index in [1.54, 1.807) is 0 Å². The molecule has 0 aromatic heterocycles. The number of methoxy groups -OCH3 is 2. The summed E-state index contributed by atoms with van der Waals surface area (Å²) in [7, 11) is -1.97. The monoisotopic (exact) mass is 510 g/mol. The highest BCUT2D eigenvalue weighted by Gasteiger charge is 2.32. The number of sulfonamides is 1. The highest BCUT2D eigenvalue weighted by molar-refractivity contribution is 7.92. The maximum Gasteiger partial charge on any atom is 0.264 e. The Morgan fingerprint density at radius 1 is 1.00 bits per heavy atom. The minimum absolute atomic E-state index is 0.0559. The third-order valence-electron chi connectivity index (χ3n) is 5.07. The van der Waals surface area contributed by atoms with E-state index in [9.17, 15) is 31.5 Å². The molecular formula is C23H21F3N2O6S. The molecule has 3 N–H and O–H groups in total. The molecule has 12 heteroatoms. The molecule has 0 saturated carbocycles. The predicted molar refractivity (Wildman–Crippen MR) is 120 cm³/mol. The van der Waals surface area contributed by atoms with E-state index in [1.807, 2.05) is 0 Å². The quantitative estimate of drug-likeness (QED) is 0.457. The first-order valence-corrected chi connectivity index (χ1v) is 11.4. The molecule has 3 aromatic rings. The number of hydrogen-bond donors (Lipinski definition) is 2. The Morgan fingerprint density at radius 2 is 1.63 bits per heavy atom. The molecule has 0 aliphatic heterocycles. The third kappa shape index (κ3) is 5.17. The van der Waals surface area contributed by atoms with Crippen molar-refractivity contribution in [1.82, 2.24) is 0 Å². The van der Waals surface area contributed by atoms with Crippen molar-refractivity contribution in [3.63, 3.8) is 0 Å². The molecule has 3 aromatic carbocycles. The van der Waals surface area contributed by atoms with Gasteiger partial charge in [-0.15, -0.1) is 0 Å². The molecule has 1 atom stereocenters. The van der Waals surface area contributed by atoms with Crippen LogP contribution in [0.25, 0.3) is 0 Å². The fourth-order valence-electron chi connectivity index (χ4n) is 3.44. The lowest BCUT2D eigenvalue weighted by molar-refractivity contribution is -0.116. The zero-order valence-electron chi connectivity index (χ0n) is 18.5. The molecule has 0 aliphatic rings. The lowest BCUT2D eigenvalue weighted by atomic mass is 9.98. The molecule has 186 valence electrons. The topological polar surface area (TPSA) is 119 Å². The summed E-state index contributed by atoms with van der Waals surface area (Å²) in [6.45, 7) is -0.929. The molecule has 0 spiro atoms. The number of aliphatic hydroxyl groups is 1. The van der Waals surface area contributed by atoms with Crippen molar-refractivity contribution in [2.75, 3.05) is 25.1 Å². The van der Waals surface area contributed by atoms with Crippen LogP contribution >= 0.6 is 0 Å². The number of nitrogens with zero attached hydrogens (tertiary/aromatic N) is 1. The van der Waals surface area contributed by atoms with E-state index in [-0.39, 0.29) is 16.4 Å². The van der Waals surface area contributed by atoms with E-state index >= 15 is 0 Å². The fourth-order valence-corrected chi connectivity index (χ4v) is 4.92. The second-order valence-corrected chi connectivity index (χ2v) is 9.10. The normalized spacial score (nSPS) is 12.2. The Bertz CT molecular complexity index is 1350. The number of primary amides is 1. The van der Waals surface area contributed by atoms with Crippen LogP contribution in [-0.4, -0.2) is 40.2 Å². The number of anilines is 1. The lowest BCUT2D eigenvalue weighted by Crippen LogP contribution is -2.39. The predicted octanol–water partition coefficient (Wildman–Crippen LogP) is 2.88. The number of carbonyl (C=O) groups is 1. The molecule has 8 nitrogen and oxygen atoms in total. The third-order valence-corrected chi connectivity index (χ3v) is 6.82. The van der Waals surface area contributed by atoms with Gasteiger partial charge in [0.15, 0.2) is 11.5 Å². The summed E-state index contributed by atoms with van der Waals surface area (Å²) < 4.78 is 80.7. The summed E-state index contributed by atoms with van der Waals surface area (Å²) >= 11 is 0. The summed E-state index contributed by atoms with van der Waals surface area (Å²) in [6, 6.07) is 8.94. The lowest BCUT2D eigenvalue weighted by Gasteiger charge is -2.27. The maximum atomic E-state index is 14.4. The zero-order chi connectivity index (χ0) is 25.9. The van der Waals surface area contributed by atoms with Crippen LogP contribution in [0.5, 0.6) is 11.5 Å². The highest BCUT2D eigenvalue weighted by Crippen LogP contribution is 2.37. The molecule has 0 saturated heterocycles. The number of benzene rings is 3. The van der Waals surface area contributed by atoms with Crippen molar-refractivity contribution in [1.29, 1.82) is 0 Å². The molecule has 0 fully saturated rings. The number of amides is 1. The van der Waals surface area contributed by atoms with Gasteiger partial charge in [-0.05, 0) is 42.5 Å². The van der Waals surface area contributed by atoms with Crippen molar-refractivity contribution < 1.29 is 41.0 Å². The maximum absolute atomic E-state index is 14.4. The van der Waals surface area contributed by atoms with Gasteiger partial charge in [0, 0.05) is 11.6 Å². The Hall–Kier alpha value is -3.77. The van der Waals surface area contributed by atoms with E-state index in [1.165, 1.54) is 26.4 Å². The van der Waals surface area contributed by atoms with Gasteiger partial charge in [-0.1, -0.05) is 6.07 Å². The van der Waals surface area contributed by atoms with Crippen molar-refractivity contribution in [2.24, 2.45) is 5.73 Å². The van der Waals surface area contributed by atoms with Gasteiger partial charge < -0.3 is 20.3 Å². The second kappa shape index (κ2) is 10.2. The largest absolute Gasteiger partial charge is 0.493 e. The first kappa shape index (κ1) is 25.8. The summed E-state index contributed by atoms with van der Waals surface area (Å²) in [5, 5.41) is 10.8. The number of rotatable bonds is 9. The van der Waals surface area contributed by atoms with Crippen molar-refractivity contribution in [3.8, 4) is 11.5 Å². The van der Waals surface area contributed by atoms with Gasteiger partial charge in [-0.25, -0.2) is 21.6 Å². The standard InChI is InChI=1S/C23H21F3N2O6S/c1-33-19-9-7-14(11-20(19)34-2)35(31,32)28(12-21(27)29)18-8-6-13(24)10-15(18)23(30)22-16(25)4-3-5-17(22)26/h3-11,23,30H,12H2,1-2H3,(H2,27,29). The summed E-state index contributed by atoms with van der Waals surface area (Å²) in [6.07, 6.45) is -2.13. The number of hydrogen-bond acceptors (Lipinski definition) is 6. The summed E-state index contributed by atoms with van der Waals surface area (Å²) in [4.78, 5) is 11.5. The fraction of sp³-hybridized carbons (Fsp3) is 0.174. The smallest absolute Gasteiger partial charge is 0.264 e. The molecule has 0 bridgehead atoms. The molecule has 3 rings (SSSR count). The van der Waals surface area contributed by atoms with Crippen LogP contribution in [0.15, 0.2) is 59.5 Å². The van der Waals surface area contributed by atoms with Gasteiger partial charge >= 0.3 is 0 Å². The minimum atomic E-state index is -4.60. The van der Waals surface area contributed by atoms with Crippen LogP contribution in [-0.2, 0) is 14.8 Å². The van der Waals surface area contributed by atoms with Crippen LogP contribution in [0.3, 0.4) is 0 Å².